The summed E-state index contributed by atoms with van der Waals surface area (Å²) in [5, 5.41) is 3.35. The van der Waals surface area contributed by atoms with E-state index in [0.717, 1.165) is 0 Å². The standard InChI is InChI=1S/C18H17N5O3S/c24-16(13-3-1-12-26-13)21-15-5-4-14(27-15)17(25)22-8-10-23(11-9-22)18-19-6-2-7-20-18/h1-7,12H,8-11H2,(H,21,24). The molecule has 1 aliphatic heterocycles. The summed E-state index contributed by atoms with van der Waals surface area (Å²) in [7, 11) is 0. The predicted octanol–water partition coefficient (Wildman–Crippen LogP) is 2.35. The predicted molar refractivity (Wildman–Crippen MR) is 101 cm³/mol. The molecule has 4 heterocycles. The van der Waals surface area contributed by atoms with Gasteiger partial charge in [-0.3, -0.25) is 9.59 Å². The van der Waals surface area contributed by atoms with Crippen LogP contribution < -0.4 is 10.2 Å². The van der Waals surface area contributed by atoms with E-state index in [1.165, 1.54) is 17.6 Å². The maximum atomic E-state index is 12.7. The van der Waals surface area contributed by atoms with Crippen LogP contribution in [-0.2, 0) is 0 Å². The van der Waals surface area contributed by atoms with Crippen LogP contribution in [0.4, 0.5) is 10.9 Å². The molecular weight excluding hydrogens is 366 g/mol. The first-order valence-corrected chi connectivity index (χ1v) is 9.28. The second kappa shape index (κ2) is 7.58. The normalized spacial score (nSPS) is 14.2. The van der Waals surface area contributed by atoms with Crippen molar-refractivity contribution in [3.63, 3.8) is 0 Å². The first-order valence-electron chi connectivity index (χ1n) is 8.46. The summed E-state index contributed by atoms with van der Waals surface area (Å²) in [5.74, 6) is 0.545. The van der Waals surface area contributed by atoms with E-state index < -0.39 is 0 Å². The smallest absolute Gasteiger partial charge is 0.291 e. The first-order chi connectivity index (χ1) is 13.2. The molecule has 1 aliphatic rings. The Morgan fingerprint density at radius 3 is 2.52 bits per heavy atom. The van der Waals surface area contributed by atoms with Gasteiger partial charge in [-0.25, -0.2) is 9.97 Å². The van der Waals surface area contributed by atoms with Crippen molar-refractivity contribution in [1.29, 1.82) is 0 Å². The van der Waals surface area contributed by atoms with E-state index in [4.69, 9.17) is 4.42 Å². The Morgan fingerprint density at radius 1 is 1.04 bits per heavy atom. The molecule has 8 nitrogen and oxygen atoms in total. The number of nitrogens with one attached hydrogen (secondary N) is 1. The first kappa shape index (κ1) is 17.2. The van der Waals surface area contributed by atoms with E-state index in [2.05, 4.69) is 20.2 Å². The van der Waals surface area contributed by atoms with Crippen molar-refractivity contribution >= 4 is 34.1 Å². The Labute approximate surface area is 159 Å². The third-order valence-electron chi connectivity index (χ3n) is 4.20. The van der Waals surface area contributed by atoms with Gasteiger partial charge in [-0.05, 0) is 30.3 Å². The minimum Gasteiger partial charge on any atom is -0.459 e. The van der Waals surface area contributed by atoms with E-state index in [1.807, 2.05) is 4.90 Å². The van der Waals surface area contributed by atoms with E-state index in [-0.39, 0.29) is 17.6 Å². The SMILES string of the molecule is O=C(Nc1ccc(C(=O)N2CCN(c3ncccn3)CC2)s1)c1ccco1. The third kappa shape index (κ3) is 3.82. The summed E-state index contributed by atoms with van der Waals surface area (Å²) in [4.78, 5) is 37.7. The molecule has 0 aromatic carbocycles. The highest BCUT2D eigenvalue weighted by Gasteiger charge is 2.24. The zero-order chi connectivity index (χ0) is 18.6. The van der Waals surface area contributed by atoms with Crippen molar-refractivity contribution in [3.05, 3.63) is 59.6 Å². The number of anilines is 2. The van der Waals surface area contributed by atoms with Crippen molar-refractivity contribution in [2.24, 2.45) is 0 Å². The van der Waals surface area contributed by atoms with Gasteiger partial charge in [0.15, 0.2) is 5.76 Å². The number of aromatic nitrogens is 2. The lowest BCUT2D eigenvalue weighted by Crippen LogP contribution is -2.49. The van der Waals surface area contributed by atoms with Gasteiger partial charge in [0.05, 0.1) is 16.1 Å². The Balaban J connectivity index is 1.35. The van der Waals surface area contributed by atoms with Crippen LogP contribution in [0.25, 0.3) is 0 Å². The van der Waals surface area contributed by atoms with Crippen molar-refractivity contribution in [3.8, 4) is 0 Å². The van der Waals surface area contributed by atoms with Crippen molar-refractivity contribution in [1.82, 2.24) is 14.9 Å². The number of furan rings is 1. The van der Waals surface area contributed by atoms with Gasteiger partial charge in [-0.15, -0.1) is 11.3 Å². The van der Waals surface area contributed by atoms with Crippen LogP contribution in [0.3, 0.4) is 0 Å². The fraction of sp³-hybridized carbons (Fsp3) is 0.222. The van der Waals surface area contributed by atoms with Crippen molar-refractivity contribution in [2.75, 3.05) is 36.4 Å². The van der Waals surface area contributed by atoms with Crippen molar-refractivity contribution in [2.45, 2.75) is 0 Å². The molecule has 0 aliphatic carbocycles. The van der Waals surface area contributed by atoms with Crippen LogP contribution in [-0.4, -0.2) is 52.9 Å². The van der Waals surface area contributed by atoms with Crippen LogP contribution in [0.2, 0.25) is 0 Å². The van der Waals surface area contributed by atoms with Crippen molar-refractivity contribution < 1.29 is 14.0 Å². The second-order valence-corrected chi connectivity index (χ2v) is 7.01. The number of rotatable bonds is 4. The van der Waals surface area contributed by atoms with E-state index in [9.17, 15) is 9.59 Å². The number of hydrogen-bond donors (Lipinski definition) is 1. The molecule has 1 saturated heterocycles. The monoisotopic (exact) mass is 383 g/mol. The third-order valence-corrected chi connectivity index (χ3v) is 5.19. The number of piperazine rings is 1. The van der Waals surface area contributed by atoms with Gasteiger partial charge in [0.2, 0.25) is 5.95 Å². The molecule has 0 unspecified atom stereocenters. The number of carbonyl (C=O) groups is 2. The molecule has 2 amide bonds. The van der Waals surface area contributed by atoms with Gasteiger partial charge in [0.1, 0.15) is 0 Å². The lowest BCUT2D eigenvalue weighted by atomic mass is 10.3. The Kier molecular flexibility index (Phi) is 4.84. The highest BCUT2D eigenvalue weighted by Crippen LogP contribution is 2.24. The van der Waals surface area contributed by atoms with Crippen LogP contribution in [0.1, 0.15) is 20.2 Å². The number of carbonyl (C=O) groups excluding carboxylic acids is 2. The lowest BCUT2D eigenvalue weighted by molar-refractivity contribution is 0.0751. The molecule has 3 aromatic heterocycles. The van der Waals surface area contributed by atoms with E-state index in [0.29, 0.717) is 42.0 Å². The van der Waals surface area contributed by atoms with Gasteiger partial charge in [0, 0.05) is 38.6 Å². The summed E-state index contributed by atoms with van der Waals surface area (Å²) in [6.45, 7) is 2.57. The molecule has 0 bridgehead atoms. The molecule has 3 aromatic rings. The highest BCUT2D eigenvalue weighted by atomic mass is 32.1. The minimum absolute atomic E-state index is 0.0351. The summed E-state index contributed by atoms with van der Waals surface area (Å²) in [6.07, 6.45) is 4.87. The molecule has 9 heteroatoms. The lowest BCUT2D eigenvalue weighted by Gasteiger charge is -2.34. The topological polar surface area (TPSA) is 91.6 Å². The molecule has 0 radical (unpaired) electrons. The van der Waals surface area contributed by atoms with E-state index >= 15 is 0 Å². The molecule has 0 atom stereocenters. The fourth-order valence-electron chi connectivity index (χ4n) is 2.82. The quantitative estimate of drug-likeness (QED) is 0.744. The average Bonchev–Trinajstić information content (AvgIpc) is 3.40. The van der Waals surface area contributed by atoms with Crippen LogP contribution in [0.15, 0.2) is 53.4 Å². The van der Waals surface area contributed by atoms with Gasteiger partial charge in [0.25, 0.3) is 11.8 Å². The fourth-order valence-corrected chi connectivity index (χ4v) is 3.69. The molecule has 138 valence electrons. The van der Waals surface area contributed by atoms with Crippen LogP contribution in [0.5, 0.6) is 0 Å². The van der Waals surface area contributed by atoms with Gasteiger partial charge >= 0.3 is 0 Å². The highest BCUT2D eigenvalue weighted by molar-refractivity contribution is 7.18. The maximum Gasteiger partial charge on any atom is 0.291 e. The Bertz CT molecular complexity index is 918. The van der Waals surface area contributed by atoms with Gasteiger partial charge < -0.3 is 19.5 Å². The van der Waals surface area contributed by atoms with Crippen LogP contribution in [0, 0.1) is 0 Å². The average molecular weight is 383 g/mol. The Morgan fingerprint density at radius 2 is 1.81 bits per heavy atom. The molecule has 0 spiro atoms. The number of amides is 2. The summed E-state index contributed by atoms with van der Waals surface area (Å²) >= 11 is 1.25. The number of nitrogens with zero attached hydrogens (tertiary/aromatic N) is 4. The summed E-state index contributed by atoms with van der Waals surface area (Å²) in [6, 6.07) is 8.48. The molecule has 1 fully saturated rings. The number of thiophene rings is 1. The molecule has 27 heavy (non-hydrogen) atoms. The largest absolute Gasteiger partial charge is 0.459 e. The van der Waals surface area contributed by atoms with Gasteiger partial charge in [-0.2, -0.15) is 0 Å². The Hall–Kier alpha value is -3.20. The molecule has 4 rings (SSSR count). The maximum absolute atomic E-state index is 12.7. The zero-order valence-corrected chi connectivity index (χ0v) is 15.2. The summed E-state index contributed by atoms with van der Waals surface area (Å²) in [5.41, 5.74) is 0. The number of hydrogen-bond acceptors (Lipinski definition) is 7. The summed E-state index contributed by atoms with van der Waals surface area (Å²) < 4.78 is 5.07. The zero-order valence-electron chi connectivity index (χ0n) is 14.4. The minimum atomic E-state index is -0.336. The molecule has 0 saturated carbocycles. The van der Waals surface area contributed by atoms with Gasteiger partial charge in [-0.1, -0.05) is 0 Å². The molecule has 1 N–H and O–H groups in total. The van der Waals surface area contributed by atoms with Crippen LogP contribution >= 0.6 is 11.3 Å². The van der Waals surface area contributed by atoms with E-state index in [1.54, 1.807) is 42.7 Å². The second-order valence-electron chi connectivity index (χ2n) is 5.92. The molecular formula is C18H17N5O3S.